The van der Waals surface area contributed by atoms with Crippen molar-refractivity contribution in [2.75, 3.05) is 7.11 Å². The number of halogens is 1. The van der Waals surface area contributed by atoms with E-state index in [4.69, 9.17) is 25.9 Å². The molecule has 0 radical (unpaired) electrons. The largest absolute Gasteiger partial charge is 0.497 e. The van der Waals surface area contributed by atoms with Crippen molar-refractivity contribution >= 4 is 28.3 Å². The molecule has 7 heteroatoms. The van der Waals surface area contributed by atoms with Gasteiger partial charge >= 0.3 is 0 Å². The lowest BCUT2D eigenvalue weighted by Gasteiger charge is -2.07. The summed E-state index contributed by atoms with van der Waals surface area (Å²) in [5, 5.41) is 15.7. The third-order valence-electron chi connectivity index (χ3n) is 5.87. The molecule has 6 rings (SSSR count). The Morgan fingerprint density at radius 1 is 0.939 bits per heavy atom. The molecule has 0 atom stereocenters. The Balaban J connectivity index is 1.59. The maximum Gasteiger partial charge on any atom is 0.185 e. The first-order chi connectivity index (χ1) is 16.1. The van der Waals surface area contributed by atoms with Gasteiger partial charge in [0, 0.05) is 33.5 Å². The van der Waals surface area contributed by atoms with E-state index in [1.165, 1.54) is 0 Å². The van der Waals surface area contributed by atoms with Gasteiger partial charge in [0.05, 0.1) is 7.11 Å². The van der Waals surface area contributed by atoms with Gasteiger partial charge in [0.2, 0.25) is 0 Å². The van der Waals surface area contributed by atoms with E-state index in [1.807, 2.05) is 48.5 Å². The number of ether oxygens (including phenoxy) is 1. The lowest BCUT2D eigenvalue weighted by molar-refractivity contribution is 0.415. The molecule has 162 valence electrons. The van der Waals surface area contributed by atoms with Crippen LogP contribution >= 0.6 is 11.6 Å². The van der Waals surface area contributed by atoms with Crippen LogP contribution in [-0.2, 0) is 6.42 Å². The van der Waals surface area contributed by atoms with Gasteiger partial charge in [-0.3, -0.25) is 0 Å². The molecule has 33 heavy (non-hydrogen) atoms. The first kappa shape index (κ1) is 19.8. The Kier molecular flexibility index (Phi) is 4.55. The average Bonchev–Trinajstić information content (AvgIpc) is 3.35. The Hall–Kier alpha value is -3.90. The molecular weight excluding hydrogens is 436 g/mol. The van der Waals surface area contributed by atoms with E-state index in [-0.39, 0.29) is 0 Å². The van der Waals surface area contributed by atoms with Gasteiger partial charge in [-0.15, -0.1) is 10.2 Å². The summed E-state index contributed by atoms with van der Waals surface area (Å²) >= 11 is 6.16. The topological polar surface area (TPSA) is 65.4 Å². The Morgan fingerprint density at radius 3 is 2.45 bits per heavy atom. The number of methoxy groups -OCH3 is 1. The Labute approximate surface area is 195 Å². The van der Waals surface area contributed by atoms with E-state index in [2.05, 4.69) is 35.3 Å². The number of fused-ring (bicyclic) bond motifs is 4. The quantitative estimate of drug-likeness (QED) is 0.335. The van der Waals surface area contributed by atoms with E-state index in [0.717, 1.165) is 50.6 Å². The fourth-order valence-electron chi connectivity index (χ4n) is 4.17. The minimum Gasteiger partial charge on any atom is -0.497 e. The molecule has 6 nitrogen and oxygen atoms in total. The van der Waals surface area contributed by atoms with Crippen molar-refractivity contribution < 1.29 is 9.15 Å². The highest BCUT2D eigenvalue weighted by Gasteiger charge is 2.27. The van der Waals surface area contributed by atoms with Crippen LogP contribution in [-0.4, -0.2) is 27.7 Å². The normalized spacial score (nSPS) is 12.8. The number of hydrogen-bond acceptors (Lipinski definition) is 5. The van der Waals surface area contributed by atoms with Gasteiger partial charge < -0.3 is 9.15 Å². The van der Waals surface area contributed by atoms with Gasteiger partial charge in [-0.05, 0) is 55.0 Å². The first-order valence-corrected chi connectivity index (χ1v) is 10.9. The molecule has 0 saturated carbocycles. The molecule has 0 amide bonds. The smallest absolute Gasteiger partial charge is 0.185 e. The van der Waals surface area contributed by atoms with E-state index < -0.39 is 0 Å². The molecule has 3 heterocycles. The van der Waals surface area contributed by atoms with Crippen molar-refractivity contribution in [1.29, 1.82) is 0 Å². The molecule has 0 fully saturated rings. The van der Waals surface area contributed by atoms with Crippen LogP contribution in [0.15, 0.2) is 76.2 Å². The fraction of sp³-hybridized carbons (Fsp3) is 0.115. The zero-order chi connectivity index (χ0) is 22.5. The van der Waals surface area contributed by atoms with Crippen molar-refractivity contribution in [2.24, 2.45) is 5.10 Å². The van der Waals surface area contributed by atoms with Crippen molar-refractivity contribution in [1.82, 2.24) is 14.9 Å². The number of benzene rings is 3. The second kappa shape index (κ2) is 7.60. The summed E-state index contributed by atoms with van der Waals surface area (Å²) in [6.45, 7) is 2.05. The summed E-state index contributed by atoms with van der Waals surface area (Å²) in [4.78, 5) is 0. The first-order valence-electron chi connectivity index (χ1n) is 10.6. The lowest BCUT2D eigenvalue weighted by atomic mass is 10.0. The number of nitrogens with zero attached hydrogens (tertiary/aromatic N) is 4. The molecule has 2 aromatic heterocycles. The molecule has 0 aliphatic carbocycles. The predicted molar refractivity (Wildman–Crippen MR) is 128 cm³/mol. The van der Waals surface area contributed by atoms with Gasteiger partial charge in [-0.25, -0.2) is 0 Å². The molecule has 0 bridgehead atoms. The van der Waals surface area contributed by atoms with Crippen LogP contribution in [0.2, 0.25) is 5.02 Å². The standard InChI is InChI=1S/C26H19ClN4O2/c1-15-3-12-20-21-14-23-28-29-26(17-6-10-19(32-2)11-7-17)31(23)30-24(25(21)33-22(20)13-15)16-4-8-18(27)9-5-16/h3-13H,14H2,1-2H3. The molecule has 3 aromatic carbocycles. The van der Waals surface area contributed by atoms with E-state index in [0.29, 0.717) is 23.0 Å². The second-order valence-electron chi connectivity index (χ2n) is 8.02. The van der Waals surface area contributed by atoms with Crippen LogP contribution in [0.5, 0.6) is 5.75 Å². The molecule has 5 aromatic rings. The van der Waals surface area contributed by atoms with Crippen LogP contribution < -0.4 is 4.74 Å². The third-order valence-corrected chi connectivity index (χ3v) is 6.12. The van der Waals surface area contributed by atoms with E-state index >= 15 is 0 Å². The van der Waals surface area contributed by atoms with Gasteiger partial charge in [-0.1, -0.05) is 35.9 Å². The van der Waals surface area contributed by atoms with E-state index in [1.54, 1.807) is 11.8 Å². The summed E-state index contributed by atoms with van der Waals surface area (Å²) in [6.07, 6.45) is 0.551. The molecule has 1 aliphatic rings. The summed E-state index contributed by atoms with van der Waals surface area (Å²) < 4.78 is 13.5. The highest BCUT2D eigenvalue weighted by Crippen LogP contribution is 2.34. The van der Waals surface area contributed by atoms with Crippen LogP contribution in [0.25, 0.3) is 22.4 Å². The molecule has 1 aliphatic heterocycles. The number of furan rings is 1. The van der Waals surface area contributed by atoms with Gasteiger partial charge in [0.1, 0.15) is 17.0 Å². The minimum absolute atomic E-state index is 0.551. The van der Waals surface area contributed by atoms with Crippen LogP contribution in [0, 0.1) is 6.92 Å². The minimum atomic E-state index is 0.551. The third kappa shape index (κ3) is 3.31. The molecular formula is C26H19ClN4O2. The molecule has 0 spiro atoms. The van der Waals surface area contributed by atoms with Crippen molar-refractivity contribution in [3.05, 3.63) is 100 Å². The van der Waals surface area contributed by atoms with Crippen LogP contribution in [0.1, 0.15) is 28.3 Å². The highest BCUT2D eigenvalue weighted by atomic mass is 35.5. The van der Waals surface area contributed by atoms with Crippen LogP contribution in [0.4, 0.5) is 0 Å². The van der Waals surface area contributed by atoms with Crippen molar-refractivity contribution in [3.63, 3.8) is 0 Å². The lowest BCUT2D eigenvalue weighted by Crippen LogP contribution is -2.06. The predicted octanol–water partition coefficient (Wildman–Crippen LogP) is 5.87. The summed E-state index contributed by atoms with van der Waals surface area (Å²) in [5.41, 5.74) is 5.53. The highest BCUT2D eigenvalue weighted by molar-refractivity contribution is 6.30. The summed E-state index contributed by atoms with van der Waals surface area (Å²) in [6, 6.07) is 21.6. The zero-order valence-corrected chi connectivity index (χ0v) is 18.8. The molecule has 0 saturated heterocycles. The molecule has 0 unspecified atom stereocenters. The number of rotatable bonds is 3. The average molecular weight is 455 g/mol. The van der Waals surface area contributed by atoms with Crippen molar-refractivity contribution in [2.45, 2.75) is 13.3 Å². The SMILES string of the molecule is COc1ccc(-c2nnc3n2N=C(c2ccc(Cl)cc2)c2oc4cc(C)ccc4c2C3)cc1. The maximum absolute atomic E-state index is 6.38. The summed E-state index contributed by atoms with van der Waals surface area (Å²) in [7, 11) is 1.65. The fourth-order valence-corrected chi connectivity index (χ4v) is 4.30. The number of aromatic nitrogens is 3. The number of hydrogen-bond donors (Lipinski definition) is 0. The van der Waals surface area contributed by atoms with E-state index in [9.17, 15) is 0 Å². The monoisotopic (exact) mass is 454 g/mol. The second-order valence-corrected chi connectivity index (χ2v) is 8.46. The van der Waals surface area contributed by atoms with Gasteiger partial charge in [0.15, 0.2) is 17.4 Å². The van der Waals surface area contributed by atoms with Gasteiger partial charge in [-0.2, -0.15) is 9.78 Å². The summed E-state index contributed by atoms with van der Waals surface area (Å²) in [5.74, 6) is 2.92. The van der Waals surface area contributed by atoms with Gasteiger partial charge in [0.25, 0.3) is 0 Å². The zero-order valence-electron chi connectivity index (χ0n) is 18.0. The maximum atomic E-state index is 6.38. The van der Waals surface area contributed by atoms with Crippen molar-refractivity contribution in [3.8, 4) is 17.1 Å². The van der Waals surface area contributed by atoms with Crippen LogP contribution in [0.3, 0.4) is 0 Å². The Bertz CT molecular complexity index is 1530. The number of aryl methyl sites for hydroxylation is 1. The molecule has 0 N–H and O–H groups in total. The Morgan fingerprint density at radius 2 is 1.70 bits per heavy atom.